The van der Waals surface area contributed by atoms with E-state index in [1.54, 1.807) is 0 Å². The van der Waals surface area contributed by atoms with Crippen LogP contribution in [0.2, 0.25) is 0 Å². The normalized spacial score (nSPS) is 13.5. The Morgan fingerprint density at radius 1 is 1.08 bits per heavy atom. The van der Waals surface area contributed by atoms with Crippen LogP contribution < -0.4 is 11.1 Å². The van der Waals surface area contributed by atoms with Gasteiger partial charge in [0.15, 0.2) is 0 Å². The maximum Gasteiger partial charge on any atom is 0.00965 e. The molecule has 2 heteroatoms. The minimum Gasteiger partial charge on any atom is -0.330 e. The van der Waals surface area contributed by atoms with Gasteiger partial charge in [-0.25, -0.2) is 0 Å². The van der Waals surface area contributed by atoms with Crippen molar-refractivity contribution >= 4 is 0 Å². The summed E-state index contributed by atoms with van der Waals surface area (Å²) in [5, 5.41) is 3.46. The second-order valence-electron chi connectivity index (χ2n) is 5.30. The van der Waals surface area contributed by atoms with Crippen LogP contribution in [-0.4, -0.2) is 18.6 Å². The summed E-state index contributed by atoms with van der Waals surface area (Å²) in [4.78, 5) is 0. The molecule has 0 aromatic carbocycles. The zero-order chi connectivity index (χ0) is 9.83. The van der Waals surface area contributed by atoms with Crippen molar-refractivity contribution in [1.82, 2.24) is 5.32 Å². The number of rotatable bonds is 4. The summed E-state index contributed by atoms with van der Waals surface area (Å²) in [6, 6.07) is 0. The zero-order valence-electron chi connectivity index (χ0n) is 9.20. The van der Waals surface area contributed by atoms with Gasteiger partial charge in [-0.1, -0.05) is 13.8 Å². The summed E-state index contributed by atoms with van der Waals surface area (Å²) in [6.45, 7) is 12.8. The van der Waals surface area contributed by atoms with Crippen molar-refractivity contribution in [1.29, 1.82) is 0 Å². The summed E-state index contributed by atoms with van der Waals surface area (Å²) in [6.07, 6.45) is 1.14. The van der Waals surface area contributed by atoms with Crippen LogP contribution in [0.3, 0.4) is 0 Å². The highest BCUT2D eigenvalue weighted by Gasteiger charge is 2.16. The molecule has 0 radical (unpaired) electrons. The molecule has 0 amide bonds. The van der Waals surface area contributed by atoms with E-state index in [1.807, 2.05) is 0 Å². The molecule has 0 saturated carbocycles. The van der Waals surface area contributed by atoms with Crippen LogP contribution in [0.5, 0.6) is 0 Å². The molecule has 0 rings (SSSR count). The topological polar surface area (TPSA) is 38.0 Å². The van der Waals surface area contributed by atoms with Gasteiger partial charge in [0.2, 0.25) is 0 Å². The van der Waals surface area contributed by atoms with E-state index in [1.165, 1.54) is 0 Å². The van der Waals surface area contributed by atoms with Gasteiger partial charge in [0.05, 0.1) is 0 Å². The van der Waals surface area contributed by atoms with Gasteiger partial charge in [-0.05, 0) is 45.7 Å². The molecule has 0 saturated heterocycles. The van der Waals surface area contributed by atoms with Gasteiger partial charge < -0.3 is 11.1 Å². The van der Waals surface area contributed by atoms with Gasteiger partial charge in [-0.15, -0.1) is 0 Å². The summed E-state index contributed by atoms with van der Waals surface area (Å²) in [5.41, 5.74) is 6.13. The number of nitrogens with two attached hydrogens (primary N) is 1. The second-order valence-corrected chi connectivity index (χ2v) is 5.30. The van der Waals surface area contributed by atoms with Crippen LogP contribution in [0.4, 0.5) is 0 Å². The molecule has 74 valence electrons. The van der Waals surface area contributed by atoms with Crippen LogP contribution in [-0.2, 0) is 0 Å². The number of hydrogen-bond donors (Lipinski definition) is 2. The zero-order valence-corrected chi connectivity index (χ0v) is 9.20. The lowest BCUT2D eigenvalue weighted by Crippen LogP contribution is -2.39. The highest BCUT2D eigenvalue weighted by molar-refractivity contribution is 4.75. The molecule has 0 heterocycles. The van der Waals surface area contributed by atoms with Crippen LogP contribution in [0.15, 0.2) is 0 Å². The first-order valence-corrected chi connectivity index (χ1v) is 4.72. The lowest BCUT2D eigenvalue weighted by Gasteiger charge is -2.26. The molecule has 0 atom stereocenters. The highest BCUT2D eigenvalue weighted by atomic mass is 14.9. The third kappa shape index (κ3) is 6.62. The quantitative estimate of drug-likeness (QED) is 0.678. The van der Waals surface area contributed by atoms with Crippen LogP contribution in [0, 0.1) is 5.41 Å². The fraction of sp³-hybridized carbons (Fsp3) is 1.00. The van der Waals surface area contributed by atoms with Crippen molar-refractivity contribution in [3.63, 3.8) is 0 Å². The molecule has 0 spiro atoms. The molecule has 0 bridgehead atoms. The molecule has 0 aromatic heterocycles. The van der Waals surface area contributed by atoms with Crippen molar-refractivity contribution in [2.75, 3.05) is 13.1 Å². The Labute approximate surface area is 76.9 Å². The minimum atomic E-state index is 0.227. The van der Waals surface area contributed by atoms with Crippen molar-refractivity contribution in [3.05, 3.63) is 0 Å². The van der Waals surface area contributed by atoms with Gasteiger partial charge >= 0.3 is 0 Å². The van der Waals surface area contributed by atoms with Gasteiger partial charge in [-0.2, -0.15) is 0 Å². The van der Waals surface area contributed by atoms with Gasteiger partial charge in [-0.3, -0.25) is 0 Å². The largest absolute Gasteiger partial charge is 0.330 e. The predicted octanol–water partition coefficient (Wildman–Crippen LogP) is 1.75. The van der Waals surface area contributed by atoms with E-state index >= 15 is 0 Å². The van der Waals surface area contributed by atoms with Gasteiger partial charge in [0.1, 0.15) is 0 Å². The number of nitrogens with one attached hydrogen (secondary N) is 1. The molecular weight excluding hydrogens is 148 g/mol. The molecule has 2 nitrogen and oxygen atoms in total. The lowest BCUT2D eigenvalue weighted by molar-refractivity contribution is 0.313. The van der Waals surface area contributed by atoms with E-state index in [0.717, 1.165) is 19.5 Å². The summed E-state index contributed by atoms with van der Waals surface area (Å²) < 4.78 is 0. The number of hydrogen-bond acceptors (Lipinski definition) is 2. The maximum absolute atomic E-state index is 5.63. The van der Waals surface area contributed by atoms with Crippen LogP contribution >= 0.6 is 0 Å². The first-order chi connectivity index (χ1) is 5.27. The average Bonchev–Trinajstić information content (AvgIpc) is 1.84. The van der Waals surface area contributed by atoms with E-state index in [0.29, 0.717) is 0 Å². The van der Waals surface area contributed by atoms with Crippen LogP contribution in [0.1, 0.15) is 41.0 Å². The SMILES string of the molecule is CC(C)(CN)CCNC(C)(C)C. The smallest absolute Gasteiger partial charge is 0.00965 e. The molecule has 0 aliphatic carbocycles. The molecule has 0 fully saturated rings. The minimum absolute atomic E-state index is 0.227. The Bertz CT molecular complexity index is 122. The second kappa shape index (κ2) is 4.24. The van der Waals surface area contributed by atoms with Crippen molar-refractivity contribution in [2.45, 2.75) is 46.6 Å². The Hall–Kier alpha value is -0.0800. The van der Waals surface area contributed by atoms with E-state index < -0.39 is 0 Å². The molecule has 0 aliphatic rings. The Morgan fingerprint density at radius 2 is 1.58 bits per heavy atom. The predicted molar refractivity (Wildman–Crippen MR) is 55.2 cm³/mol. The Kier molecular flexibility index (Phi) is 4.21. The van der Waals surface area contributed by atoms with Crippen molar-refractivity contribution in [2.24, 2.45) is 11.1 Å². The Morgan fingerprint density at radius 3 is 1.92 bits per heavy atom. The highest BCUT2D eigenvalue weighted by Crippen LogP contribution is 2.17. The summed E-state index contributed by atoms with van der Waals surface area (Å²) in [7, 11) is 0. The van der Waals surface area contributed by atoms with E-state index in [-0.39, 0.29) is 11.0 Å². The summed E-state index contributed by atoms with van der Waals surface area (Å²) >= 11 is 0. The molecular formula is C10H24N2. The fourth-order valence-corrected chi connectivity index (χ4v) is 0.878. The van der Waals surface area contributed by atoms with Crippen LogP contribution in [0.25, 0.3) is 0 Å². The average molecular weight is 172 g/mol. The molecule has 0 unspecified atom stereocenters. The molecule has 12 heavy (non-hydrogen) atoms. The first kappa shape index (κ1) is 11.9. The lowest BCUT2D eigenvalue weighted by atomic mass is 9.89. The first-order valence-electron chi connectivity index (χ1n) is 4.72. The van der Waals surface area contributed by atoms with Gasteiger partial charge in [0.25, 0.3) is 0 Å². The third-order valence-corrected chi connectivity index (χ3v) is 2.01. The van der Waals surface area contributed by atoms with Gasteiger partial charge in [0, 0.05) is 5.54 Å². The standard InChI is InChI=1S/C10H24N2/c1-9(2,3)12-7-6-10(4,5)8-11/h12H,6-8,11H2,1-5H3. The van der Waals surface area contributed by atoms with E-state index in [9.17, 15) is 0 Å². The maximum atomic E-state index is 5.63. The van der Waals surface area contributed by atoms with E-state index in [2.05, 4.69) is 39.9 Å². The molecule has 3 N–H and O–H groups in total. The van der Waals surface area contributed by atoms with Crippen molar-refractivity contribution in [3.8, 4) is 0 Å². The fourth-order valence-electron chi connectivity index (χ4n) is 0.878. The molecule has 0 aromatic rings. The Balaban J connectivity index is 3.57. The third-order valence-electron chi connectivity index (χ3n) is 2.01. The monoisotopic (exact) mass is 172 g/mol. The van der Waals surface area contributed by atoms with E-state index in [4.69, 9.17) is 5.73 Å². The summed E-state index contributed by atoms with van der Waals surface area (Å²) in [5.74, 6) is 0. The molecule has 0 aliphatic heterocycles. The van der Waals surface area contributed by atoms with Crippen molar-refractivity contribution < 1.29 is 0 Å².